The van der Waals surface area contributed by atoms with Crippen molar-refractivity contribution >= 4 is 28.3 Å². The largest absolute Gasteiger partial charge is 0.322 e. The molecule has 29 heavy (non-hydrogen) atoms. The van der Waals surface area contributed by atoms with Crippen LogP contribution in [-0.2, 0) is 6.54 Å². The molecule has 144 valence electrons. The summed E-state index contributed by atoms with van der Waals surface area (Å²) in [7, 11) is 0. The number of aryl methyl sites for hydroxylation is 1. The van der Waals surface area contributed by atoms with Crippen LogP contribution in [0.25, 0.3) is 22.3 Å². The molecule has 0 fully saturated rings. The number of amides is 1. The molecule has 0 aliphatic carbocycles. The molecule has 2 aromatic carbocycles. The number of hydrogen-bond donors (Lipinski definition) is 1. The maximum Gasteiger partial charge on any atom is 0.269 e. The molecule has 1 N–H and O–H groups in total. The van der Waals surface area contributed by atoms with Gasteiger partial charge in [0, 0.05) is 29.9 Å². The van der Waals surface area contributed by atoms with E-state index in [2.05, 4.69) is 10.4 Å². The molecule has 8 nitrogen and oxygen atoms in total. The molecule has 0 unspecified atom stereocenters. The number of pyridine rings is 1. The summed E-state index contributed by atoms with van der Waals surface area (Å²) in [6, 6.07) is 17.0. The van der Waals surface area contributed by atoms with Gasteiger partial charge in [0.25, 0.3) is 11.6 Å². The molecular weight excluding hydrogens is 370 g/mol. The molecular formula is C21H17N5O3. The highest BCUT2D eigenvalue weighted by Crippen LogP contribution is 2.26. The van der Waals surface area contributed by atoms with Gasteiger partial charge in [0.1, 0.15) is 0 Å². The summed E-state index contributed by atoms with van der Waals surface area (Å²) in [6.45, 7) is 2.58. The summed E-state index contributed by atoms with van der Waals surface area (Å²) in [5.41, 5.74) is 3.05. The van der Waals surface area contributed by atoms with E-state index in [0.29, 0.717) is 34.5 Å². The molecule has 1 amide bonds. The number of non-ortho nitro benzene ring substituents is 1. The molecule has 2 heterocycles. The topological polar surface area (TPSA) is 103 Å². The zero-order valence-electron chi connectivity index (χ0n) is 15.6. The Kier molecular flexibility index (Phi) is 4.74. The predicted molar refractivity (Wildman–Crippen MR) is 110 cm³/mol. The van der Waals surface area contributed by atoms with Gasteiger partial charge in [0.2, 0.25) is 0 Å². The Morgan fingerprint density at radius 3 is 2.52 bits per heavy atom. The molecule has 4 aromatic rings. The number of nitrogens with one attached hydrogen (secondary N) is 1. The fraction of sp³-hybridized carbons (Fsp3) is 0.0952. The van der Waals surface area contributed by atoms with Crippen molar-refractivity contribution in [2.45, 2.75) is 13.5 Å². The lowest BCUT2D eigenvalue weighted by Crippen LogP contribution is -2.13. The lowest BCUT2D eigenvalue weighted by Gasteiger charge is -2.09. The number of carbonyl (C=O) groups is 1. The second kappa shape index (κ2) is 7.51. The van der Waals surface area contributed by atoms with E-state index in [1.165, 1.54) is 24.3 Å². The minimum atomic E-state index is -0.483. The monoisotopic (exact) mass is 387 g/mol. The number of hydrogen-bond acceptors (Lipinski definition) is 5. The fourth-order valence-electron chi connectivity index (χ4n) is 3.09. The van der Waals surface area contributed by atoms with E-state index in [9.17, 15) is 14.9 Å². The zero-order valence-corrected chi connectivity index (χ0v) is 15.6. The van der Waals surface area contributed by atoms with Crippen LogP contribution < -0.4 is 5.32 Å². The highest BCUT2D eigenvalue weighted by Gasteiger charge is 2.17. The molecule has 0 saturated heterocycles. The van der Waals surface area contributed by atoms with Gasteiger partial charge in [-0.1, -0.05) is 30.3 Å². The van der Waals surface area contributed by atoms with Crippen molar-refractivity contribution in [2.24, 2.45) is 0 Å². The normalized spacial score (nSPS) is 10.8. The van der Waals surface area contributed by atoms with Gasteiger partial charge in [0.15, 0.2) is 5.65 Å². The maximum absolute atomic E-state index is 13.0. The first-order valence-electron chi connectivity index (χ1n) is 9.04. The lowest BCUT2D eigenvalue weighted by atomic mass is 10.1. The first kappa shape index (κ1) is 18.3. The van der Waals surface area contributed by atoms with Gasteiger partial charge in [-0.3, -0.25) is 14.9 Å². The Morgan fingerprint density at radius 2 is 1.86 bits per heavy atom. The van der Waals surface area contributed by atoms with Crippen LogP contribution in [0.5, 0.6) is 0 Å². The van der Waals surface area contributed by atoms with Gasteiger partial charge >= 0.3 is 0 Å². The number of anilines is 1. The average Bonchev–Trinajstić information content (AvgIpc) is 3.17. The van der Waals surface area contributed by atoms with Crippen molar-refractivity contribution in [1.82, 2.24) is 14.8 Å². The molecule has 0 atom stereocenters. The number of benzene rings is 2. The van der Waals surface area contributed by atoms with Crippen molar-refractivity contribution in [2.75, 3.05) is 5.32 Å². The standard InChI is InChI=1S/C21H17N5O3/c1-2-25-20-18(13-22-25)17(12-19(24-20)14-6-4-3-5-7-14)21(27)23-15-8-10-16(11-9-15)26(28)29/h3-13H,2H2,1H3,(H,23,27). The van der Waals surface area contributed by atoms with E-state index in [0.717, 1.165) is 5.56 Å². The van der Waals surface area contributed by atoms with Crippen molar-refractivity contribution < 1.29 is 9.72 Å². The quantitative estimate of drug-likeness (QED) is 0.407. The summed E-state index contributed by atoms with van der Waals surface area (Å²) in [4.78, 5) is 28.0. The van der Waals surface area contributed by atoms with Gasteiger partial charge in [0.05, 0.1) is 27.8 Å². The number of fused-ring (bicyclic) bond motifs is 1. The van der Waals surface area contributed by atoms with Gasteiger partial charge in [-0.05, 0) is 25.1 Å². The van der Waals surface area contributed by atoms with E-state index in [1.54, 1.807) is 16.9 Å². The third-order valence-electron chi connectivity index (χ3n) is 4.56. The number of nitro groups is 1. The maximum atomic E-state index is 13.0. The number of nitro benzene ring substituents is 1. The summed E-state index contributed by atoms with van der Waals surface area (Å²) < 4.78 is 1.74. The molecule has 8 heteroatoms. The van der Waals surface area contributed by atoms with Crippen LogP contribution in [0.4, 0.5) is 11.4 Å². The molecule has 0 radical (unpaired) electrons. The predicted octanol–water partition coefficient (Wildman–Crippen LogP) is 4.28. The summed E-state index contributed by atoms with van der Waals surface area (Å²) in [6.07, 6.45) is 1.63. The van der Waals surface area contributed by atoms with Gasteiger partial charge in [-0.15, -0.1) is 0 Å². The summed E-state index contributed by atoms with van der Waals surface area (Å²) in [5.74, 6) is -0.334. The van der Waals surface area contributed by atoms with E-state index >= 15 is 0 Å². The summed E-state index contributed by atoms with van der Waals surface area (Å²) in [5, 5.41) is 18.6. The average molecular weight is 387 g/mol. The number of aromatic nitrogens is 3. The van der Waals surface area contributed by atoms with Crippen LogP contribution in [0.15, 0.2) is 66.9 Å². The Bertz CT molecular complexity index is 1200. The van der Waals surface area contributed by atoms with Crippen molar-refractivity contribution in [3.05, 3.63) is 82.5 Å². The highest BCUT2D eigenvalue weighted by atomic mass is 16.6. The van der Waals surface area contributed by atoms with Crippen LogP contribution in [0, 0.1) is 10.1 Å². The van der Waals surface area contributed by atoms with Crippen LogP contribution in [0.2, 0.25) is 0 Å². The first-order chi connectivity index (χ1) is 14.1. The number of nitrogens with zero attached hydrogens (tertiary/aromatic N) is 4. The molecule has 4 rings (SSSR count). The second-order valence-corrected chi connectivity index (χ2v) is 6.38. The third-order valence-corrected chi connectivity index (χ3v) is 4.56. The first-order valence-corrected chi connectivity index (χ1v) is 9.04. The Labute approximate surface area is 166 Å². The third kappa shape index (κ3) is 3.55. The molecule has 0 aliphatic heterocycles. The second-order valence-electron chi connectivity index (χ2n) is 6.38. The number of carbonyl (C=O) groups excluding carboxylic acids is 1. The van der Waals surface area contributed by atoms with E-state index in [-0.39, 0.29) is 11.6 Å². The molecule has 0 aliphatic rings. The Morgan fingerprint density at radius 1 is 1.14 bits per heavy atom. The van der Waals surface area contributed by atoms with E-state index in [1.807, 2.05) is 37.3 Å². The van der Waals surface area contributed by atoms with Gasteiger partial charge in [-0.25, -0.2) is 9.67 Å². The summed E-state index contributed by atoms with van der Waals surface area (Å²) >= 11 is 0. The van der Waals surface area contributed by atoms with Crippen LogP contribution >= 0.6 is 0 Å². The van der Waals surface area contributed by atoms with Crippen molar-refractivity contribution in [1.29, 1.82) is 0 Å². The van der Waals surface area contributed by atoms with E-state index in [4.69, 9.17) is 4.98 Å². The van der Waals surface area contributed by atoms with Crippen molar-refractivity contribution in [3.63, 3.8) is 0 Å². The van der Waals surface area contributed by atoms with Crippen LogP contribution in [0.3, 0.4) is 0 Å². The molecule has 2 aromatic heterocycles. The molecule has 0 bridgehead atoms. The Hall–Kier alpha value is -4.07. The zero-order chi connectivity index (χ0) is 20.4. The minimum Gasteiger partial charge on any atom is -0.322 e. The van der Waals surface area contributed by atoms with E-state index < -0.39 is 4.92 Å². The van der Waals surface area contributed by atoms with Crippen molar-refractivity contribution in [3.8, 4) is 11.3 Å². The van der Waals surface area contributed by atoms with Gasteiger partial charge < -0.3 is 5.32 Å². The smallest absolute Gasteiger partial charge is 0.269 e. The van der Waals surface area contributed by atoms with Crippen LogP contribution in [-0.4, -0.2) is 25.6 Å². The Balaban J connectivity index is 1.76. The minimum absolute atomic E-state index is 0.0371. The number of rotatable bonds is 5. The fourth-order valence-corrected chi connectivity index (χ4v) is 3.09. The van der Waals surface area contributed by atoms with Crippen LogP contribution in [0.1, 0.15) is 17.3 Å². The SMILES string of the molecule is CCn1ncc2c(C(=O)Nc3ccc([N+](=O)[O-])cc3)cc(-c3ccccc3)nc21. The highest BCUT2D eigenvalue weighted by molar-refractivity contribution is 6.12. The molecule has 0 saturated carbocycles. The molecule has 0 spiro atoms. The van der Waals surface area contributed by atoms with Gasteiger partial charge in [-0.2, -0.15) is 5.10 Å². The lowest BCUT2D eigenvalue weighted by molar-refractivity contribution is -0.384.